The molecule has 1 aromatic rings. The van der Waals surface area contributed by atoms with Gasteiger partial charge in [-0.15, -0.1) is 0 Å². The lowest BCUT2D eigenvalue weighted by Crippen LogP contribution is -2.41. The van der Waals surface area contributed by atoms with Crippen molar-refractivity contribution in [2.75, 3.05) is 19.7 Å². The summed E-state index contributed by atoms with van der Waals surface area (Å²) in [5.74, 6) is -0.181. The molecule has 0 spiro atoms. The minimum atomic E-state index is -0.523. The van der Waals surface area contributed by atoms with Gasteiger partial charge in [0.1, 0.15) is 0 Å². The van der Waals surface area contributed by atoms with E-state index < -0.39 is 5.97 Å². The molecule has 0 saturated carbocycles. The van der Waals surface area contributed by atoms with Gasteiger partial charge >= 0.3 is 12.0 Å². The Bertz CT molecular complexity index is 658. The third-order valence-electron chi connectivity index (χ3n) is 4.40. The van der Waals surface area contributed by atoms with Crippen LogP contribution in [0.1, 0.15) is 49.5 Å². The zero-order valence-electron chi connectivity index (χ0n) is 16.3. The maximum Gasteiger partial charge on any atom is 0.338 e. The maximum absolute atomic E-state index is 12.2. The van der Waals surface area contributed by atoms with E-state index in [1.807, 2.05) is 13.8 Å². The summed E-state index contributed by atoms with van der Waals surface area (Å²) in [5.41, 5.74) is 1.24. The lowest BCUT2D eigenvalue weighted by Gasteiger charge is -2.30. The Kier molecular flexibility index (Phi) is 7.64. The first-order valence-electron chi connectivity index (χ1n) is 9.43. The van der Waals surface area contributed by atoms with Crippen LogP contribution < -0.4 is 10.6 Å². The molecule has 7 heteroatoms. The van der Waals surface area contributed by atoms with Crippen LogP contribution in [0.15, 0.2) is 24.3 Å². The lowest BCUT2D eigenvalue weighted by atomic mass is 10.0. The summed E-state index contributed by atoms with van der Waals surface area (Å²) >= 11 is 0. The Morgan fingerprint density at radius 1 is 1.22 bits per heavy atom. The highest BCUT2D eigenvalue weighted by atomic mass is 16.5. The Balaban J connectivity index is 1.77. The van der Waals surface area contributed by atoms with E-state index in [4.69, 9.17) is 4.74 Å². The van der Waals surface area contributed by atoms with Crippen LogP contribution in [0, 0.1) is 5.92 Å². The fourth-order valence-corrected chi connectivity index (χ4v) is 2.97. The zero-order valence-corrected chi connectivity index (χ0v) is 16.3. The summed E-state index contributed by atoms with van der Waals surface area (Å²) < 4.78 is 5.15. The maximum atomic E-state index is 12.2. The summed E-state index contributed by atoms with van der Waals surface area (Å²) in [4.78, 5) is 37.6. The van der Waals surface area contributed by atoms with Gasteiger partial charge in [-0.25, -0.2) is 9.59 Å². The molecule has 0 aromatic heterocycles. The number of urea groups is 1. The second-order valence-corrected chi connectivity index (χ2v) is 7.34. The molecule has 27 heavy (non-hydrogen) atoms. The monoisotopic (exact) mass is 375 g/mol. The molecule has 148 valence electrons. The summed E-state index contributed by atoms with van der Waals surface area (Å²) in [7, 11) is 0. The quantitative estimate of drug-likeness (QED) is 0.747. The van der Waals surface area contributed by atoms with Crippen LogP contribution in [0.2, 0.25) is 0 Å². The number of rotatable bonds is 6. The van der Waals surface area contributed by atoms with Gasteiger partial charge in [-0.2, -0.15) is 0 Å². The molecule has 0 bridgehead atoms. The molecule has 2 rings (SSSR count). The molecule has 3 amide bonds. The van der Waals surface area contributed by atoms with E-state index in [2.05, 4.69) is 17.6 Å². The van der Waals surface area contributed by atoms with Gasteiger partial charge in [0.05, 0.1) is 5.56 Å². The van der Waals surface area contributed by atoms with Crippen LogP contribution in [-0.2, 0) is 16.1 Å². The SMILES string of the molecule is CC(C)NC(=O)NCc1ccc(C(=O)OCC(=O)N2CCC[C@H](C)C2)cc1. The number of ether oxygens (including phenoxy) is 1. The number of hydrogen-bond donors (Lipinski definition) is 2. The first-order valence-corrected chi connectivity index (χ1v) is 9.43. The van der Waals surface area contributed by atoms with Crippen molar-refractivity contribution in [2.45, 2.75) is 46.2 Å². The van der Waals surface area contributed by atoms with Crippen LogP contribution in [0.4, 0.5) is 4.79 Å². The molecule has 0 radical (unpaired) electrons. The van der Waals surface area contributed by atoms with Gasteiger partial charge in [0, 0.05) is 25.7 Å². The zero-order chi connectivity index (χ0) is 19.8. The fourth-order valence-electron chi connectivity index (χ4n) is 2.97. The number of carbonyl (C=O) groups excluding carboxylic acids is 3. The standard InChI is InChI=1S/C20H29N3O4/c1-14(2)22-20(26)21-11-16-6-8-17(9-7-16)19(25)27-13-18(24)23-10-4-5-15(3)12-23/h6-9,14-15H,4-5,10-13H2,1-3H3,(H2,21,22,26)/t15-/m0/s1. The van der Waals surface area contributed by atoms with Crippen molar-refractivity contribution in [3.63, 3.8) is 0 Å². The highest BCUT2D eigenvalue weighted by Gasteiger charge is 2.22. The van der Waals surface area contributed by atoms with Crippen molar-refractivity contribution in [2.24, 2.45) is 5.92 Å². The highest BCUT2D eigenvalue weighted by molar-refractivity contribution is 5.91. The number of amides is 3. The molecule has 1 fully saturated rings. The fraction of sp³-hybridized carbons (Fsp3) is 0.550. The van der Waals surface area contributed by atoms with Crippen molar-refractivity contribution < 1.29 is 19.1 Å². The van der Waals surface area contributed by atoms with Crippen LogP contribution in [-0.4, -0.2) is 48.5 Å². The van der Waals surface area contributed by atoms with Crippen LogP contribution in [0.5, 0.6) is 0 Å². The minimum Gasteiger partial charge on any atom is -0.452 e. The average Bonchev–Trinajstić information content (AvgIpc) is 2.64. The van der Waals surface area contributed by atoms with E-state index in [1.54, 1.807) is 29.2 Å². The van der Waals surface area contributed by atoms with Crippen molar-refractivity contribution in [1.29, 1.82) is 0 Å². The molecule has 1 aliphatic heterocycles. The molecule has 1 saturated heterocycles. The molecule has 2 N–H and O–H groups in total. The van der Waals surface area contributed by atoms with Gasteiger partial charge in [-0.3, -0.25) is 4.79 Å². The van der Waals surface area contributed by atoms with Crippen LogP contribution >= 0.6 is 0 Å². The second-order valence-electron chi connectivity index (χ2n) is 7.34. The number of nitrogens with one attached hydrogen (secondary N) is 2. The predicted molar refractivity (Wildman–Crippen MR) is 102 cm³/mol. The Labute approximate surface area is 160 Å². The molecule has 0 unspecified atom stereocenters. The number of piperidine rings is 1. The van der Waals surface area contributed by atoms with E-state index in [1.165, 1.54) is 0 Å². The summed E-state index contributed by atoms with van der Waals surface area (Å²) in [6, 6.07) is 6.60. The molecular weight excluding hydrogens is 346 g/mol. The summed E-state index contributed by atoms with van der Waals surface area (Å²) in [5, 5.41) is 5.48. The van der Waals surface area contributed by atoms with E-state index in [-0.39, 0.29) is 24.6 Å². The van der Waals surface area contributed by atoms with Gasteiger partial charge in [0.15, 0.2) is 6.61 Å². The molecule has 7 nitrogen and oxygen atoms in total. The van der Waals surface area contributed by atoms with E-state index in [9.17, 15) is 14.4 Å². The van der Waals surface area contributed by atoms with Crippen LogP contribution in [0.3, 0.4) is 0 Å². The molecule has 0 aliphatic carbocycles. The van der Waals surface area contributed by atoms with Gasteiger partial charge in [0.2, 0.25) is 0 Å². The number of likely N-dealkylation sites (tertiary alicyclic amines) is 1. The smallest absolute Gasteiger partial charge is 0.338 e. The van der Waals surface area contributed by atoms with Crippen molar-refractivity contribution in [3.05, 3.63) is 35.4 Å². The third-order valence-corrected chi connectivity index (χ3v) is 4.40. The topological polar surface area (TPSA) is 87.7 Å². The molecule has 1 atom stereocenters. The first-order chi connectivity index (χ1) is 12.8. The number of esters is 1. The van der Waals surface area contributed by atoms with E-state index >= 15 is 0 Å². The molecule has 1 aromatic carbocycles. The predicted octanol–water partition coefficient (Wildman–Crippen LogP) is 2.31. The van der Waals surface area contributed by atoms with E-state index in [0.29, 0.717) is 18.0 Å². The average molecular weight is 375 g/mol. The summed E-state index contributed by atoms with van der Waals surface area (Å²) in [6.45, 7) is 7.47. The lowest BCUT2D eigenvalue weighted by molar-refractivity contribution is -0.136. The third kappa shape index (κ3) is 6.92. The van der Waals surface area contributed by atoms with Gasteiger partial charge in [-0.05, 0) is 50.3 Å². The first kappa shape index (κ1) is 20.7. The second kappa shape index (κ2) is 9.94. The molecule has 1 heterocycles. The Hall–Kier alpha value is -2.57. The number of nitrogens with zero attached hydrogens (tertiary/aromatic N) is 1. The van der Waals surface area contributed by atoms with Crippen molar-refractivity contribution >= 4 is 17.9 Å². The van der Waals surface area contributed by atoms with E-state index in [0.717, 1.165) is 31.5 Å². The number of carbonyl (C=O) groups is 3. The van der Waals surface area contributed by atoms with Crippen molar-refractivity contribution in [3.8, 4) is 0 Å². The normalized spacial score (nSPS) is 16.7. The van der Waals surface area contributed by atoms with Crippen molar-refractivity contribution in [1.82, 2.24) is 15.5 Å². The van der Waals surface area contributed by atoms with Crippen LogP contribution in [0.25, 0.3) is 0 Å². The largest absolute Gasteiger partial charge is 0.452 e. The molecular formula is C20H29N3O4. The summed E-state index contributed by atoms with van der Waals surface area (Å²) in [6.07, 6.45) is 2.12. The number of hydrogen-bond acceptors (Lipinski definition) is 4. The minimum absolute atomic E-state index is 0.0676. The van der Waals surface area contributed by atoms with Gasteiger partial charge < -0.3 is 20.3 Å². The Morgan fingerprint density at radius 3 is 2.56 bits per heavy atom. The van der Waals surface area contributed by atoms with Gasteiger partial charge in [-0.1, -0.05) is 19.1 Å². The molecule has 1 aliphatic rings. The number of benzene rings is 1. The Morgan fingerprint density at radius 2 is 1.93 bits per heavy atom. The highest BCUT2D eigenvalue weighted by Crippen LogP contribution is 2.15. The van der Waals surface area contributed by atoms with Gasteiger partial charge in [0.25, 0.3) is 5.91 Å².